The third kappa shape index (κ3) is 3.95. The molecule has 1 heterocycles. The van der Waals surface area contributed by atoms with Crippen LogP contribution in [0.4, 0.5) is 5.69 Å². The number of para-hydroxylation sites is 1. The lowest BCUT2D eigenvalue weighted by Crippen LogP contribution is -2.28. The maximum atomic E-state index is 12.6. The van der Waals surface area contributed by atoms with E-state index in [9.17, 15) is 4.79 Å². The highest BCUT2D eigenvalue weighted by molar-refractivity contribution is 6.32. The number of anilines is 1. The second kappa shape index (κ2) is 8.17. The molecule has 0 aliphatic heterocycles. The summed E-state index contributed by atoms with van der Waals surface area (Å²) in [5, 5.41) is 7.65. The van der Waals surface area contributed by atoms with Crippen LogP contribution in [0, 0.1) is 0 Å². The highest BCUT2D eigenvalue weighted by Crippen LogP contribution is 2.21. The van der Waals surface area contributed by atoms with Gasteiger partial charge < -0.3 is 10.2 Å². The van der Waals surface area contributed by atoms with Crippen molar-refractivity contribution >= 4 is 17.3 Å². The average molecular weight is 369 g/mol. The van der Waals surface area contributed by atoms with Gasteiger partial charge in [-0.15, -0.1) is 0 Å². The van der Waals surface area contributed by atoms with E-state index in [-0.39, 0.29) is 16.6 Å². The van der Waals surface area contributed by atoms with Crippen LogP contribution < -0.4 is 10.9 Å². The van der Waals surface area contributed by atoms with E-state index in [1.54, 1.807) is 6.20 Å². The largest absolute Gasteiger partial charge is 0.380 e. The predicted octanol–water partition coefficient (Wildman–Crippen LogP) is 3.60. The Morgan fingerprint density at radius 1 is 1.08 bits per heavy atom. The van der Waals surface area contributed by atoms with Crippen LogP contribution in [0.5, 0.6) is 0 Å². The minimum absolute atomic E-state index is 0.134. The molecular weight excluding hydrogens is 348 g/mol. The van der Waals surface area contributed by atoms with Crippen molar-refractivity contribution in [1.29, 1.82) is 0 Å². The van der Waals surface area contributed by atoms with Crippen LogP contribution in [-0.2, 0) is 0 Å². The molecule has 6 heteroatoms. The summed E-state index contributed by atoms with van der Waals surface area (Å²) < 4.78 is 1.30. The zero-order valence-corrected chi connectivity index (χ0v) is 15.5. The van der Waals surface area contributed by atoms with Gasteiger partial charge in [0.25, 0.3) is 5.56 Å². The highest BCUT2D eigenvalue weighted by atomic mass is 35.5. The molecule has 1 aromatic heterocycles. The van der Waals surface area contributed by atoms with Gasteiger partial charge in [-0.3, -0.25) is 4.79 Å². The van der Waals surface area contributed by atoms with Crippen molar-refractivity contribution in [3.05, 3.63) is 87.8 Å². The quantitative estimate of drug-likeness (QED) is 0.722. The smallest absolute Gasteiger partial charge is 0.292 e. The summed E-state index contributed by atoms with van der Waals surface area (Å²) in [5.74, 6) is 0. The summed E-state index contributed by atoms with van der Waals surface area (Å²) in [6.07, 6.45) is 1.59. The number of nitrogens with zero attached hydrogens (tertiary/aromatic N) is 3. The first-order chi connectivity index (χ1) is 12.6. The maximum Gasteiger partial charge on any atom is 0.292 e. The third-order valence-electron chi connectivity index (χ3n) is 4.21. The molecule has 1 atom stereocenters. The summed E-state index contributed by atoms with van der Waals surface area (Å²) in [7, 11) is 4.04. The Bertz CT molecular complexity index is 910. The Kier molecular flexibility index (Phi) is 5.71. The van der Waals surface area contributed by atoms with Crippen LogP contribution in [0.15, 0.2) is 71.7 Å². The molecule has 0 aliphatic rings. The summed E-state index contributed by atoms with van der Waals surface area (Å²) in [6.45, 7) is 0.604. The normalized spacial score (nSPS) is 12.2. The highest BCUT2D eigenvalue weighted by Gasteiger charge is 2.16. The minimum Gasteiger partial charge on any atom is -0.380 e. The fraction of sp³-hybridized carbons (Fsp3) is 0.200. The number of nitrogens with one attached hydrogen (secondary N) is 1. The van der Waals surface area contributed by atoms with Gasteiger partial charge >= 0.3 is 0 Å². The van der Waals surface area contributed by atoms with Crippen LogP contribution in [0.3, 0.4) is 0 Å². The molecule has 0 saturated heterocycles. The molecule has 0 radical (unpaired) electrons. The molecule has 0 aliphatic carbocycles. The Morgan fingerprint density at radius 2 is 1.69 bits per heavy atom. The summed E-state index contributed by atoms with van der Waals surface area (Å²) in [5.41, 5.74) is 2.06. The van der Waals surface area contributed by atoms with Crippen LogP contribution >= 0.6 is 11.6 Å². The number of benzene rings is 2. The van der Waals surface area contributed by atoms with E-state index in [1.165, 1.54) is 10.2 Å². The maximum absolute atomic E-state index is 12.6. The molecule has 0 spiro atoms. The monoisotopic (exact) mass is 368 g/mol. The standard InChI is InChI=1S/C20H21ClN4O/c1-24(2)18(15-9-5-3-6-10-15)14-22-17-13-23-25(20(26)19(17)21)16-11-7-4-8-12-16/h3-13,18,22H,14H2,1-2H3/t18-/m0/s1. The van der Waals surface area contributed by atoms with E-state index in [1.807, 2.05) is 62.6 Å². The van der Waals surface area contributed by atoms with E-state index in [4.69, 9.17) is 11.6 Å². The first-order valence-electron chi connectivity index (χ1n) is 8.36. The Balaban J connectivity index is 1.82. The lowest BCUT2D eigenvalue weighted by Gasteiger charge is -2.25. The number of hydrogen-bond donors (Lipinski definition) is 1. The molecule has 0 unspecified atom stereocenters. The zero-order chi connectivity index (χ0) is 18.5. The first-order valence-corrected chi connectivity index (χ1v) is 8.74. The Labute approximate surface area is 157 Å². The molecular formula is C20H21ClN4O. The van der Waals surface area contributed by atoms with E-state index in [0.717, 1.165) is 0 Å². The average Bonchev–Trinajstić information content (AvgIpc) is 2.66. The van der Waals surface area contributed by atoms with E-state index in [0.29, 0.717) is 17.9 Å². The van der Waals surface area contributed by atoms with Gasteiger partial charge in [0, 0.05) is 6.54 Å². The van der Waals surface area contributed by atoms with Crippen molar-refractivity contribution < 1.29 is 0 Å². The van der Waals surface area contributed by atoms with Crippen LogP contribution in [0.1, 0.15) is 11.6 Å². The van der Waals surface area contributed by atoms with Crippen molar-refractivity contribution in [2.75, 3.05) is 26.0 Å². The molecule has 0 amide bonds. The lowest BCUT2D eigenvalue weighted by atomic mass is 10.1. The van der Waals surface area contributed by atoms with Crippen molar-refractivity contribution in [3.8, 4) is 5.69 Å². The van der Waals surface area contributed by atoms with E-state index >= 15 is 0 Å². The Morgan fingerprint density at radius 3 is 2.31 bits per heavy atom. The van der Waals surface area contributed by atoms with Crippen molar-refractivity contribution in [1.82, 2.24) is 14.7 Å². The third-order valence-corrected chi connectivity index (χ3v) is 4.58. The van der Waals surface area contributed by atoms with Crippen molar-refractivity contribution in [2.45, 2.75) is 6.04 Å². The number of aromatic nitrogens is 2. The summed E-state index contributed by atoms with van der Waals surface area (Å²) >= 11 is 6.31. The van der Waals surface area contributed by atoms with Crippen molar-refractivity contribution in [3.63, 3.8) is 0 Å². The zero-order valence-electron chi connectivity index (χ0n) is 14.8. The topological polar surface area (TPSA) is 50.2 Å². The van der Waals surface area contributed by atoms with Crippen LogP contribution in [0.2, 0.25) is 5.02 Å². The van der Waals surface area contributed by atoms with Gasteiger partial charge in [-0.25, -0.2) is 0 Å². The lowest BCUT2D eigenvalue weighted by molar-refractivity contribution is 0.312. The number of rotatable bonds is 6. The fourth-order valence-corrected chi connectivity index (χ4v) is 2.99. The van der Waals surface area contributed by atoms with Gasteiger partial charge in [-0.05, 0) is 31.8 Å². The van der Waals surface area contributed by atoms with Crippen LogP contribution in [0.25, 0.3) is 5.69 Å². The second-order valence-corrected chi connectivity index (χ2v) is 6.57. The predicted molar refractivity (Wildman–Crippen MR) is 106 cm³/mol. The van der Waals surface area contributed by atoms with E-state index < -0.39 is 0 Å². The number of likely N-dealkylation sites (N-methyl/N-ethyl adjacent to an activating group) is 1. The SMILES string of the molecule is CN(C)[C@@H](CNc1cnn(-c2ccccc2)c(=O)c1Cl)c1ccccc1. The second-order valence-electron chi connectivity index (χ2n) is 6.20. The molecule has 0 fully saturated rings. The molecule has 134 valence electrons. The van der Waals surface area contributed by atoms with Crippen LogP contribution in [-0.4, -0.2) is 35.3 Å². The molecule has 1 N–H and O–H groups in total. The molecule has 0 saturated carbocycles. The van der Waals surface area contributed by atoms with Crippen molar-refractivity contribution in [2.24, 2.45) is 0 Å². The van der Waals surface area contributed by atoms with Gasteiger partial charge in [0.2, 0.25) is 0 Å². The molecule has 3 rings (SSSR count). The molecule has 0 bridgehead atoms. The molecule has 26 heavy (non-hydrogen) atoms. The van der Waals surface area contributed by atoms with Gasteiger partial charge in [-0.1, -0.05) is 60.1 Å². The minimum atomic E-state index is -0.344. The first kappa shape index (κ1) is 18.2. The number of hydrogen-bond acceptors (Lipinski definition) is 4. The summed E-state index contributed by atoms with van der Waals surface area (Å²) in [4.78, 5) is 14.7. The summed E-state index contributed by atoms with van der Waals surface area (Å²) in [6, 6.07) is 19.6. The van der Waals surface area contributed by atoms with Gasteiger partial charge in [0.15, 0.2) is 0 Å². The fourth-order valence-electron chi connectivity index (χ4n) is 2.79. The Hall–Kier alpha value is -2.63. The molecule has 5 nitrogen and oxygen atoms in total. The molecule has 3 aromatic rings. The van der Waals surface area contributed by atoms with Gasteiger partial charge in [0.1, 0.15) is 5.02 Å². The van der Waals surface area contributed by atoms with Gasteiger partial charge in [-0.2, -0.15) is 9.78 Å². The van der Waals surface area contributed by atoms with Gasteiger partial charge in [0.05, 0.1) is 23.6 Å². The van der Waals surface area contributed by atoms with E-state index in [2.05, 4.69) is 27.4 Å². The molecule has 2 aromatic carbocycles. The number of halogens is 1.